The van der Waals surface area contributed by atoms with Gasteiger partial charge in [-0.25, -0.2) is 4.79 Å². The van der Waals surface area contributed by atoms with Crippen LogP contribution in [-0.2, 0) is 0 Å². The molecule has 0 saturated heterocycles. The number of aromatic carboxylic acids is 1. The van der Waals surface area contributed by atoms with Crippen molar-refractivity contribution in [3.8, 4) is 0 Å². The molecule has 0 unspecified atom stereocenters. The Kier molecular flexibility index (Phi) is 4.11. The van der Waals surface area contributed by atoms with Gasteiger partial charge in [-0.1, -0.05) is 15.9 Å². The molecule has 19 heavy (non-hydrogen) atoms. The molecular weight excluding hydrogens is 376 g/mol. The largest absolute Gasteiger partial charge is 0.478 e. The summed E-state index contributed by atoms with van der Waals surface area (Å²) in [5.74, 6) is -1.02. The van der Waals surface area contributed by atoms with Crippen molar-refractivity contribution in [2.75, 3.05) is 11.1 Å². The van der Waals surface area contributed by atoms with Gasteiger partial charge in [-0.15, -0.1) is 0 Å². The van der Waals surface area contributed by atoms with Gasteiger partial charge in [0.1, 0.15) is 0 Å². The van der Waals surface area contributed by atoms with Gasteiger partial charge in [0.2, 0.25) is 0 Å². The number of halogens is 2. The van der Waals surface area contributed by atoms with Crippen molar-refractivity contribution in [1.29, 1.82) is 0 Å². The Morgan fingerprint density at radius 2 is 1.79 bits per heavy atom. The van der Waals surface area contributed by atoms with Crippen molar-refractivity contribution in [3.05, 3.63) is 50.9 Å². The first kappa shape index (κ1) is 13.9. The second-order valence-electron chi connectivity index (χ2n) is 3.86. The first-order valence-electron chi connectivity index (χ1n) is 5.32. The van der Waals surface area contributed by atoms with E-state index in [0.29, 0.717) is 11.4 Å². The van der Waals surface area contributed by atoms with Crippen LogP contribution in [0.1, 0.15) is 10.4 Å². The molecule has 0 heterocycles. The second-order valence-corrected chi connectivity index (χ2v) is 5.63. The second kappa shape index (κ2) is 5.63. The van der Waals surface area contributed by atoms with Crippen LogP contribution in [-0.4, -0.2) is 11.1 Å². The molecule has 0 aromatic heterocycles. The van der Waals surface area contributed by atoms with Crippen LogP contribution in [0.3, 0.4) is 0 Å². The Morgan fingerprint density at radius 3 is 2.42 bits per heavy atom. The van der Waals surface area contributed by atoms with Crippen LogP contribution in [0, 0.1) is 0 Å². The van der Waals surface area contributed by atoms with Gasteiger partial charge in [-0.3, -0.25) is 0 Å². The molecule has 2 aromatic rings. The number of carboxylic acid groups (broad SMARTS) is 1. The van der Waals surface area contributed by atoms with Gasteiger partial charge >= 0.3 is 5.97 Å². The van der Waals surface area contributed by atoms with Crippen LogP contribution in [0.4, 0.5) is 17.1 Å². The molecule has 98 valence electrons. The van der Waals surface area contributed by atoms with Crippen LogP contribution in [0.15, 0.2) is 45.3 Å². The third-order valence-electron chi connectivity index (χ3n) is 2.47. The molecule has 0 radical (unpaired) electrons. The molecule has 0 bridgehead atoms. The molecule has 2 rings (SSSR count). The Labute approximate surface area is 126 Å². The summed E-state index contributed by atoms with van der Waals surface area (Å²) < 4.78 is 1.76. The normalized spacial score (nSPS) is 10.2. The number of nitrogens with two attached hydrogens (primary N) is 1. The number of carboxylic acids is 1. The summed E-state index contributed by atoms with van der Waals surface area (Å²) in [4.78, 5) is 11.2. The van der Waals surface area contributed by atoms with Gasteiger partial charge in [0.25, 0.3) is 0 Å². The van der Waals surface area contributed by atoms with Crippen molar-refractivity contribution >= 4 is 54.9 Å². The molecule has 0 spiro atoms. The topological polar surface area (TPSA) is 75.3 Å². The molecule has 0 fully saturated rings. The smallest absolute Gasteiger partial charge is 0.337 e. The first-order chi connectivity index (χ1) is 8.97. The van der Waals surface area contributed by atoms with Crippen LogP contribution >= 0.6 is 31.9 Å². The summed E-state index contributed by atoms with van der Waals surface area (Å²) >= 11 is 6.78. The number of hydrogen-bond donors (Lipinski definition) is 3. The highest BCUT2D eigenvalue weighted by Crippen LogP contribution is 2.30. The van der Waals surface area contributed by atoms with E-state index in [1.54, 1.807) is 12.1 Å². The van der Waals surface area contributed by atoms with Crippen LogP contribution in [0.25, 0.3) is 0 Å². The molecule has 0 atom stereocenters. The summed E-state index contributed by atoms with van der Waals surface area (Å²) in [6, 6.07) is 10.3. The summed E-state index contributed by atoms with van der Waals surface area (Å²) in [5, 5.41) is 12.2. The van der Waals surface area contributed by atoms with Crippen LogP contribution < -0.4 is 11.1 Å². The maximum Gasteiger partial charge on any atom is 0.337 e. The SMILES string of the molecule is Nc1ccc(Nc2ccc(Br)cc2Br)c(C(=O)O)c1. The molecule has 4 nitrogen and oxygen atoms in total. The van der Waals surface area contributed by atoms with Crippen molar-refractivity contribution in [2.24, 2.45) is 0 Å². The maximum atomic E-state index is 11.2. The molecule has 0 saturated carbocycles. The van der Waals surface area contributed by atoms with Crippen molar-refractivity contribution in [2.45, 2.75) is 0 Å². The predicted molar refractivity (Wildman–Crippen MR) is 82.9 cm³/mol. The fourth-order valence-electron chi connectivity index (χ4n) is 1.58. The molecular formula is C13H10Br2N2O2. The van der Waals surface area contributed by atoms with E-state index in [1.807, 2.05) is 18.2 Å². The van der Waals surface area contributed by atoms with Crippen LogP contribution in [0.5, 0.6) is 0 Å². The first-order valence-corrected chi connectivity index (χ1v) is 6.91. The minimum atomic E-state index is -1.02. The Balaban J connectivity index is 2.40. The van der Waals surface area contributed by atoms with Crippen molar-refractivity contribution in [1.82, 2.24) is 0 Å². The monoisotopic (exact) mass is 384 g/mol. The lowest BCUT2D eigenvalue weighted by Gasteiger charge is -2.12. The van der Waals surface area contributed by atoms with Crippen molar-refractivity contribution < 1.29 is 9.90 Å². The van der Waals surface area contributed by atoms with E-state index in [0.717, 1.165) is 14.6 Å². The number of anilines is 3. The minimum Gasteiger partial charge on any atom is -0.478 e. The maximum absolute atomic E-state index is 11.2. The van der Waals surface area contributed by atoms with Gasteiger partial charge in [0, 0.05) is 14.6 Å². The molecule has 0 aliphatic carbocycles. The zero-order valence-corrected chi connectivity index (χ0v) is 12.8. The number of nitrogen functional groups attached to an aromatic ring is 1. The summed E-state index contributed by atoms with van der Waals surface area (Å²) in [6.07, 6.45) is 0. The third kappa shape index (κ3) is 3.27. The number of benzene rings is 2. The quantitative estimate of drug-likeness (QED) is 0.691. The standard InChI is InChI=1S/C13H10Br2N2O2/c14-7-1-3-12(10(15)5-7)17-11-4-2-8(16)6-9(11)13(18)19/h1-6,17H,16H2,(H,18,19). The van der Waals surface area contributed by atoms with Gasteiger partial charge in [-0.2, -0.15) is 0 Å². The molecule has 0 amide bonds. The zero-order valence-electron chi connectivity index (χ0n) is 9.65. The number of hydrogen-bond acceptors (Lipinski definition) is 3. The van der Waals surface area contributed by atoms with E-state index in [2.05, 4.69) is 37.2 Å². The molecule has 6 heteroatoms. The highest BCUT2D eigenvalue weighted by atomic mass is 79.9. The molecule has 4 N–H and O–H groups in total. The lowest BCUT2D eigenvalue weighted by atomic mass is 10.1. The fraction of sp³-hybridized carbons (Fsp3) is 0. The van der Waals surface area contributed by atoms with E-state index < -0.39 is 5.97 Å². The average molecular weight is 386 g/mol. The van der Waals surface area contributed by atoms with Crippen LogP contribution in [0.2, 0.25) is 0 Å². The summed E-state index contributed by atoms with van der Waals surface area (Å²) in [6.45, 7) is 0. The highest BCUT2D eigenvalue weighted by molar-refractivity contribution is 9.11. The number of carbonyl (C=O) groups is 1. The van der Waals surface area contributed by atoms with E-state index in [4.69, 9.17) is 10.8 Å². The zero-order chi connectivity index (χ0) is 14.0. The molecule has 2 aromatic carbocycles. The van der Waals surface area contributed by atoms with Gasteiger partial charge in [0.05, 0.1) is 16.9 Å². The number of nitrogens with one attached hydrogen (secondary N) is 1. The average Bonchev–Trinajstić information content (AvgIpc) is 2.34. The Morgan fingerprint density at radius 1 is 1.11 bits per heavy atom. The minimum absolute atomic E-state index is 0.134. The van der Waals surface area contributed by atoms with E-state index in [-0.39, 0.29) is 5.56 Å². The Bertz CT molecular complexity index is 645. The highest BCUT2D eigenvalue weighted by Gasteiger charge is 2.11. The lowest BCUT2D eigenvalue weighted by molar-refractivity contribution is 0.0698. The summed E-state index contributed by atoms with van der Waals surface area (Å²) in [7, 11) is 0. The molecule has 0 aliphatic heterocycles. The fourth-order valence-corrected chi connectivity index (χ4v) is 2.73. The van der Waals surface area contributed by atoms with Gasteiger partial charge in [-0.05, 0) is 52.3 Å². The van der Waals surface area contributed by atoms with Gasteiger partial charge < -0.3 is 16.2 Å². The number of rotatable bonds is 3. The lowest BCUT2D eigenvalue weighted by Crippen LogP contribution is -2.04. The van der Waals surface area contributed by atoms with E-state index >= 15 is 0 Å². The Hall–Kier alpha value is -1.53. The van der Waals surface area contributed by atoms with Crippen molar-refractivity contribution in [3.63, 3.8) is 0 Å². The van der Waals surface area contributed by atoms with E-state index in [1.165, 1.54) is 6.07 Å². The molecule has 0 aliphatic rings. The summed E-state index contributed by atoms with van der Waals surface area (Å²) in [5.41, 5.74) is 7.41. The van der Waals surface area contributed by atoms with Gasteiger partial charge in [0.15, 0.2) is 0 Å². The predicted octanol–water partition coefficient (Wildman–Crippen LogP) is 4.24. The third-order valence-corrected chi connectivity index (χ3v) is 3.62. The van der Waals surface area contributed by atoms with E-state index in [9.17, 15) is 4.79 Å².